The summed E-state index contributed by atoms with van der Waals surface area (Å²) in [4.78, 5) is 4.37. The van der Waals surface area contributed by atoms with Gasteiger partial charge in [0.2, 0.25) is 0 Å². The molecule has 1 aliphatic heterocycles. The number of alkyl halides is 3. The summed E-state index contributed by atoms with van der Waals surface area (Å²) in [5.74, 6) is 0. The van der Waals surface area contributed by atoms with Crippen molar-refractivity contribution >= 4 is 55.7 Å². The number of nitrogens with zero attached hydrogens (tertiary/aromatic N) is 2. The normalized spacial score (nSPS) is 14.0. The van der Waals surface area contributed by atoms with Crippen LogP contribution in [-0.2, 0) is 6.18 Å². The SMILES string of the molecule is FC(F)(F)c1ccc(N2c3c(c4ccccc4c4ccccc34)NC2c2ccc(-c3ccc(N(c4ccccc4)c4ccccc4)cc3)cc2)cc1. The number of fused-ring (bicyclic) bond motifs is 6. The van der Waals surface area contributed by atoms with E-state index in [1.54, 1.807) is 12.1 Å². The molecule has 1 N–H and O–H groups in total. The lowest BCUT2D eigenvalue weighted by Gasteiger charge is -2.28. The van der Waals surface area contributed by atoms with Crippen LogP contribution in [0.3, 0.4) is 0 Å². The number of rotatable bonds is 6. The number of benzene rings is 8. The molecular formula is C46H32F3N3. The molecule has 0 bridgehead atoms. The monoisotopic (exact) mass is 683 g/mol. The smallest absolute Gasteiger partial charge is 0.359 e. The average Bonchev–Trinajstić information content (AvgIpc) is 3.60. The van der Waals surface area contributed by atoms with E-state index in [2.05, 4.69) is 112 Å². The van der Waals surface area contributed by atoms with Crippen molar-refractivity contribution in [3.8, 4) is 11.1 Å². The van der Waals surface area contributed by atoms with Crippen molar-refractivity contribution in [1.29, 1.82) is 0 Å². The number of para-hydroxylation sites is 2. The first-order chi connectivity index (χ1) is 25.4. The molecule has 9 rings (SSSR count). The van der Waals surface area contributed by atoms with Gasteiger partial charge in [-0.15, -0.1) is 0 Å². The molecule has 8 aromatic carbocycles. The first kappa shape index (κ1) is 31.5. The highest BCUT2D eigenvalue weighted by Crippen LogP contribution is 2.53. The lowest BCUT2D eigenvalue weighted by molar-refractivity contribution is -0.137. The van der Waals surface area contributed by atoms with Crippen molar-refractivity contribution in [2.45, 2.75) is 12.3 Å². The van der Waals surface area contributed by atoms with E-state index >= 15 is 0 Å². The third-order valence-corrected chi connectivity index (χ3v) is 9.87. The second-order valence-electron chi connectivity index (χ2n) is 13.0. The van der Waals surface area contributed by atoms with Crippen LogP contribution in [0.4, 0.5) is 47.3 Å². The summed E-state index contributed by atoms with van der Waals surface area (Å²) in [6.07, 6.45) is -4.78. The average molecular weight is 684 g/mol. The fourth-order valence-electron chi connectivity index (χ4n) is 7.43. The van der Waals surface area contributed by atoms with Gasteiger partial charge in [0.1, 0.15) is 6.17 Å². The number of halogens is 3. The molecule has 0 aliphatic carbocycles. The molecule has 52 heavy (non-hydrogen) atoms. The molecule has 0 saturated heterocycles. The summed E-state index contributed by atoms with van der Waals surface area (Å²) >= 11 is 0. The zero-order valence-corrected chi connectivity index (χ0v) is 27.9. The van der Waals surface area contributed by atoms with Gasteiger partial charge in [-0.05, 0) is 88.1 Å². The van der Waals surface area contributed by atoms with E-state index in [-0.39, 0.29) is 6.17 Å². The molecule has 0 spiro atoms. The topological polar surface area (TPSA) is 18.5 Å². The van der Waals surface area contributed by atoms with Crippen LogP contribution in [0.15, 0.2) is 182 Å². The minimum atomic E-state index is -4.42. The molecule has 8 aromatic rings. The van der Waals surface area contributed by atoms with Crippen molar-refractivity contribution in [3.05, 3.63) is 193 Å². The van der Waals surface area contributed by atoms with Gasteiger partial charge in [0.15, 0.2) is 0 Å². The predicted molar refractivity (Wildman–Crippen MR) is 208 cm³/mol. The highest BCUT2D eigenvalue weighted by atomic mass is 19.4. The Morgan fingerprint density at radius 1 is 0.462 bits per heavy atom. The highest BCUT2D eigenvalue weighted by Gasteiger charge is 2.36. The van der Waals surface area contributed by atoms with E-state index in [4.69, 9.17) is 0 Å². The number of hydrogen-bond donors (Lipinski definition) is 1. The Balaban J connectivity index is 1.10. The van der Waals surface area contributed by atoms with E-state index in [0.717, 1.165) is 78.8 Å². The first-order valence-electron chi connectivity index (χ1n) is 17.2. The number of hydrogen-bond acceptors (Lipinski definition) is 3. The van der Waals surface area contributed by atoms with Gasteiger partial charge in [0.25, 0.3) is 0 Å². The number of anilines is 6. The van der Waals surface area contributed by atoms with Gasteiger partial charge < -0.3 is 15.1 Å². The maximum atomic E-state index is 13.6. The van der Waals surface area contributed by atoms with Crippen LogP contribution < -0.4 is 15.1 Å². The number of nitrogens with one attached hydrogen (secondary N) is 1. The third-order valence-electron chi connectivity index (χ3n) is 9.87. The molecule has 1 atom stereocenters. The zero-order chi connectivity index (χ0) is 35.2. The van der Waals surface area contributed by atoms with Gasteiger partial charge in [-0.25, -0.2) is 0 Å². The summed E-state index contributed by atoms with van der Waals surface area (Å²) in [6, 6.07) is 59.6. The predicted octanol–water partition coefficient (Wildman–Crippen LogP) is 13.4. The highest BCUT2D eigenvalue weighted by molar-refractivity contribution is 6.22. The third kappa shape index (κ3) is 5.49. The fourth-order valence-corrected chi connectivity index (χ4v) is 7.43. The summed E-state index contributed by atoms with van der Waals surface area (Å²) in [6.45, 7) is 0. The van der Waals surface area contributed by atoms with Crippen LogP contribution >= 0.6 is 0 Å². The van der Waals surface area contributed by atoms with Crippen molar-refractivity contribution in [2.24, 2.45) is 0 Å². The molecular weight excluding hydrogens is 652 g/mol. The van der Waals surface area contributed by atoms with Gasteiger partial charge in [0, 0.05) is 33.5 Å². The lowest BCUT2D eigenvalue weighted by Crippen LogP contribution is -2.23. The van der Waals surface area contributed by atoms with E-state index in [1.165, 1.54) is 0 Å². The summed E-state index contributed by atoms with van der Waals surface area (Å²) in [7, 11) is 0. The molecule has 1 heterocycles. The van der Waals surface area contributed by atoms with Crippen molar-refractivity contribution in [3.63, 3.8) is 0 Å². The van der Waals surface area contributed by atoms with Gasteiger partial charge in [-0.1, -0.05) is 121 Å². The van der Waals surface area contributed by atoms with Gasteiger partial charge in [0.05, 0.1) is 16.9 Å². The van der Waals surface area contributed by atoms with E-state index in [0.29, 0.717) is 5.69 Å². The van der Waals surface area contributed by atoms with Crippen LogP contribution in [0.5, 0.6) is 0 Å². The Kier molecular flexibility index (Phi) is 7.66. The van der Waals surface area contributed by atoms with Crippen LogP contribution in [0.25, 0.3) is 32.7 Å². The van der Waals surface area contributed by atoms with Gasteiger partial charge in [-0.3, -0.25) is 0 Å². The molecule has 1 unspecified atom stereocenters. The Morgan fingerprint density at radius 2 is 0.923 bits per heavy atom. The summed E-state index contributed by atoms with van der Waals surface area (Å²) in [5.41, 5.74) is 8.24. The molecule has 0 radical (unpaired) electrons. The Labute approximate surface area is 299 Å². The second kappa shape index (κ2) is 12.7. The van der Waals surface area contributed by atoms with Crippen LogP contribution in [0.1, 0.15) is 17.3 Å². The zero-order valence-electron chi connectivity index (χ0n) is 27.9. The van der Waals surface area contributed by atoms with Crippen LogP contribution in [0.2, 0.25) is 0 Å². The minimum absolute atomic E-state index is 0.359. The molecule has 0 aromatic heterocycles. The first-order valence-corrected chi connectivity index (χ1v) is 17.2. The minimum Gasteiger partial charge on any atom is -0.359 e. The largest absolute Gasteiger partial charge is 0.416 e. The lowest BCUT2D eigenvalue weighted by atomic mass is 9.98. The molecule has 252 valence electrons. The van der Waals surface area contributed by atoms with Crippen LogP contribution in [0, 0.1) is 0 Å². The molecule has 6 heteroatoms. The van der Waals surface area contributed by atoms with E-state index < -0.39 is 11.7 Å². The van der Waals surface area contributed by atoms with E-state index in [1.807, 2.05) is 60.7 Å². The summed E-state index contributed by atoms with van der Waals surface area (Å²) in [5, 5.41) is 8.09. The molecule has 0 saturated carbocycles. The quantitative estimate of drug-likeness (QED) is 0.176. The van der Waals surface area contributed by atoms with Crippen molar-refractivity contribution in [1.82, 2.24) is 0 Å². The second-order valence-corrected chi connectivity index (χ2v) is 13.0. The van der Waals surface area contributed by atoms with E-state index in [9.17, 15) is 13.2 Å². The molecule has 3 nitrogen and oxygen atoms in total. The molecule has 1 aliphatic rings. The Morgan fingerprint density at radius 3 is 1.48 bits per heavy atom. The maximum Gasteiger partial charge on any atom is 0.416 e. The Bertz CT molecular complexity index is 2480. The van der Waals surface area contributed by atoms with Crippen molar-refractivity contribution in [2.75, 3.05) is 15.1 Å². The molecule has 0 amide bonds. The maximum absolute atomic E-state index is 13.6. The fraction of sp³-hybridized carbons (Fsp3) is 0.0435. The van der Waals surface area contributed by atoms with Crippen LogP contribution in [-0.4, -0.2) is 0 Å². The standard InChI is InChI=1S/C46H32F3N3/c47-46(48,49)34-25-29-38(30-26-34)52-44-42-18-10-8-16-40(42)39-15-7-9-17-41(39)43(44)50-45(52)33-21-19-31(20-22-33)32-23-27-37(28-24-32)51(35-11-3-1-4-12-35)36-13-5-2-6-14-36/h1-30,45,50H. The Hall–Kier alpha value is -6.53. The van der Waals surface area contributed by atoms with Gasteiger partial charge >= 0.3 is 6.18 Å². The summed E-state index contributed by atoms with van der Waals surface area (Å²) < 4.78 is 40.9. The van der Waals surface area contributed by atoms with Gasteiger partial charge in [-0.2, -0.15) is 13.2 Å². The van der Waals surface area contributed by atoms with Crippen molar-refractivity contribution < 1.29 is 13.2 Å². The molecule has 0 fully saturated rings.